The minimum Gasteiger partial charge on any atom is -0.457 e. The summed E-state index contributed by atoms with van der Waals surface area (Å²) < 4.78 is 5.84. The van der Waals surface area contributed by atoms with Crippen molar-refractivity contribution in [2.75, 3.05) is 6.54 Å². The number of halogens is 1. The van der Waals surface area contributed by atoms with Crippen LogP contribution in [-0.4, -0.2) is 16.7 Å². The summed E-state index contributed by atoms with van der Waals surface area (Å²) in [7, 11) is 0. The molecule has 2 heterocycles. The fraction of sp³-hybridized carbons (Fsp3) is 0.333. The van der Waals surface area contributed by atoms with Gasteiger partial charge in [0.05, 0.1) is 11.8 Å². The number of hydrogen-bond donors (Lipinski definition) is 1. The van der Waals surface area contributed by atoms with E-state index in [1.807, 2.05) is 6.07 Å². The van der Waals surface area contributed by atoms with E-state index in [-0.39, 0.29) is 0 Å². The van der Waals surface area contributed by atoms with Crippen LogP contribution in [0.3, 0.4) is 0 Å². The molecule has 6 heteroatoms. The van der Waals surface area contributed by atoms with Crippen LogP contribution < -0.4 is 5.73 Å². The number of rotatable bonds is 4. The third-order valence-corrected chi connectivity index (χ3v) is 3.54. The van der Waals surface area contributed by atoms with Crippen molar-refractivity contribution in [3.63, 3.8) is 0 Å². The molecule has 2 aromatic rings. The molecule has 0 fully saturated rings. The van der Waals surface area contributed by atoms with Crippen molar-refractivity contribution in [2.24, 2.45) is 5.73 Å². The first kappa shape index (κ1) is 10.8. The minimum absolute atomic E-state index is 0.685. The molecule has 80 valence electrons. The summed E-state index contributed by atoms with van der Waals surface area (Å²) in [4.78, 5) is 0. The molecule has 0 aromatic carbocycles. The number of furan rings is 1. The number of aryl methyl sites for hydroxylation is 1. The second-order valence-corrected chi connectivity index (χ2v) is 4.78. The van der Waals surface area contributed by atoms with Crippen molar-refractivity contribution in [1.29, 1.82) is 0 Å². The van der Waals surface area contributed by atoms with Gasteiger partial charge in [0.1, 0.15) is 5.01 Å². The van der Waals surface area contributed by atoms with Gasteiger partial charge in [-0.2, -0.15) is 0 Å². The highest BCUT2D eigenvalue weighted by molar-refractivity contribution is 9.10. The molecule has 0 saturated heterocycles. The maximum absolute atomic E-state index is 5.44. The van der Waals surface area contributed by atoms with Gasteiger partial charge in [0.2, 0.25) is 0 Å². The molecule has 2 rings (SSSR count). The number of aromatic nitrogens is 2. The molecule has 0 aliphatic heterocycles. The second-order valence-electron chi connectivity index (χ2n) is 3.00. The van der Waals surface area contributed by atoms with Crippen molar-refractivity contribution < 1.29 is 4.42 Å². The van der Waals surface area contributed by atoms with E-state index in [9.17, 15) is 0 Å². The van der Waals surface area contributed by atoms with Gasteiger partial charge in [0, 0.05) is 6.42 Å². The van der Waals surface area contributed by atoms with E-state index in [0.29, 0.717) is 11.2 Å². The van der Waals surface area contributed by atoms with E-state index in [1.54, 1.807) is 17.6 Å². The number of hydrogen-bond acceptors (Lipinski definition) is 5. The molecule has 4 nitrogen and oxygen atoms in total. The van der Waals surface area contributed by atoms with E-state index in [1.165, 1.54) is 0 Å². The predicted molar refractivity (Wildman–Crippen MR) is 62.7 cm³/mol. The first-order valence-corrected chi connectivity index (χ1v) is 6.18. The van der Waals surface area contributed by atoms with Crippen molar-refractivity contribution in [1.82, 2.24) is 10.2 Å². The van der Waals surface area contributed by atoms with Gasteiger partial charge in [-0.1, -0.05) is 11.3 Å². The Hall–Kier alpha value is -0.720. The maximum Gasteiger partial charge on any atom is 0.179 e. The van der Waals surface area contributed by atoms with Crippen LogP contribution in [0.5, 0.6) is 0 Å². The van der Waals surface area contributed by atoms with E-state index in [0.717, 1.165) is 28.4 Å². The lowest BCUT2D eigenvalue weighted by molar-refractivity contribution is 0.542. The molecule has 0 aliphatic carbocycles. The van der Waals surface area contributed by atoms with Gasteiger partial charge in [-0.3, -0.25) is 0 Å². The van der Waals surface area contributed by atoms with Crippen molar-refractivity contribution in [3.8, 4) is 10.6 Å². The van der Waals surface area contributed by atoms with Gasteiger partial charge in [-0.15, -0.1) is 10.2 Å². The van der Waals surface area contributed by atoms with Crippen molar-refractivity contribution in [2.45, 2.75) is 12.8 Å². The largest absolute Gasteiger partial charge is 0.457 e. The molecule has 0 bridgehead atoms. The first-order valence-electron chi connectivity index (χ1n) is 4.57. The van der Waals surface area contributed by atoms with Crippen LogP contribution in [-0.2, 0) is 6.42 Å². The van der Waals surface area contributed by atoms with Crippen LogP contribution in [0.2, 0.25) is 0 Å². The predicted octanol–water partition coefficient (Wildman–Crippen LogP) is 2.45. The SMILES string of the molecule is NCCCc1nnc(-c2ccoc2Br)s1. The van der Waals surface area contributed by atoms with Crippen molar-refractivity contribution >= 4 is 27.3 Å². The van der Waals surface area contributed by atoms with Gasteiger partial charge in [0.25, 0.3) is 0 Å². The van der Waals surface area contributed by atoms with Crippen LogP contribution in [0.4, 0.5) is 0 Å². The van der Waals surface area contributed by atoms with Crippen LogP contribution in [0.25, 0.3) is 10.6 Å². The normalized spacial score (nSPS) is 10.8. The first-order chi connectivity index (χ1) is 7.31. The molecular formula is C9H10BrN3OS. The van der Waals surface area contributed by atoms with E-state index >= 15 is 0 Å². The van der Waals surface area contributed by atoms with Crippen LogP contribution in [0, 0.1) is 0 Å². The average molecular weight is 288 g/mol. The Kier molecular flexibility index (Phi) is 3.50. The molecule has 0 radical (unpaired) electrons. The molecule has 2 aromatic heterocycles. The summed E-state index contributed by atoms with van der Waals surface area (Å²) in [6.45, 7) is 0.685. The zero-order valence-corrected chi connectivity index (χ0v) is 10.3. The zero-order chi connectivity index (χ0) is 10.7. The smallest absolute Gasteiger partial charge is 0.179 e. The lowest BCUT2D eigenvalue weighted by Gasteiger charge is -1.90. The highest BCUT2D eigenvalue weighted by Crippen LogP contribution is 2.31. The number of nitrogens with zero attached hydrogens (tertiary/aromatic N) is 2. The van der Waals surface area contributed by atoms with Gasteiger partial charge in [-0.05, 0) is 35.0 Å². The summed E-state index contributed by atoms with van der Waals surface area (Å²) in [6.07, 6.45) is 3.46. The molecule has 0 aliphatic rings. The summed E-state index contributed by atoms with van der Waals surface area (Å²) in [5.74, 6) is 0. The molecule has 0 spiro atoms. The van der Waals surface area contributed by atoms with Crippen LogP contribution >= 0.6 is 27.3 Å². The third kappa shape index (κ3) is 2.45. The van der Waals surface area contributed by atoms with Gasteiger partial charge < -0.3 is 10.2 Å². The van der Waals surface area contributed by atoms with Crippen LogP contribution in [0.15, 0.2) is 21.4 Å². The molecule has 0 atom stereocenters. The molecule has 15 heavy (non-hydrogen) atoms. The Morgan fingerprint density at radius 1 is 1.47 bits per heavy atom. The highest BCUT2D eigenvalue weighted by Gasteiger charge is 2.11. The topological polar surface area (TPSA) is 64.9 Å². The summed E-state index contributed by atoms with van der Waals surface area (Å²) in [5.41, 5.74) is 6.39. The highest BCUT2D eigenvalue weighted by atomic mass is 79.9. The molecular weight excluding hydrogens is 278 g/mol. The van der Waals surface area contributed by atoms with E-state index < -0.39 is 0 Å². The monoisotopic (exact) mass is 287 g/mol. The Bertz CT molecular complexity index is 440. The number of nitrogens with two attached hydrogens (primary N) is 1. The Morgan fingerprint density at radius 3 is 3.00 bits per heavy atom. The average Bonchev–Trinajstić information content (AvgIpc) is 2.83. The molecule has 2 N–H and O–H groups in total. The van der Waals surface area contributed by atoms with Crippen molar-refractivity contribution in [3.05, 3.63) is 22.0 Å². The van der Waals surface area contributed by atoms with Gasteiger partial charge in [-0.25, -0.2) is 0 Å². The lowest BCUT2D eigenvalue weighted by atomic mass is 10.3. The molecule has 0 saturated carbocycles. The zero-order valence-electron chi connectivity index (χ0n) is 7.94. The quantitative estimate of drug-likeness (QED) is 0.938. The Balaban J connectivity index is 2.17. The Labute approximate surface area is 99.6 Å². The van der Waals surface area contributed by atoms with Gasteiger partial charge >= 0.3 is 0 Å². The minimum atomic E-state index is 0.685. The third-order valence-electron chi connectivity index (χ3n) is 1.91. The second kappa shape index (κ2) is 4.87. The summed E-state index contributed by atoms with van der Waals surface area (Å²) >= 11 is 4.89. The molecule has 0 unspecified atom stereocenters. The fourth-order valence-electron chi connectivity index (χ4n) is 1.16. The van der Waals surface area contributed by atoms with Crippen LogP contribution in [0.1, 0.15) is 11.4 Å². The Morgan fingerprint density at radius 2 is 2.33 bits per heavy atom. The summed E-state index contributed by atoms with van der Waals surface area (Å²) in [5, 5.41) is 10.1. The lowest BCUT2D eigenvalue weighted by Crippen LogP contribution is -1.99. The van der Waals surface area contributed by atoms with E-state index in [2.05, 4.69) is 26.1 Å². The maximum atomic E-state index is 5.44. The summed E-state index contributed by atoms with van der Waals surface area (Å²) in [6, 6.07) is 1.87. The fourth-order valence-corrected chi connectivity index (χ4v) is 2.63. The van der Waals surface area contributed by atoms with E-state index in [4.69, 9.17) is 10.2 Å². The molecule has 0 amide bonds. The van der Waals surface area contributed by atoms with Gasteiger partial charge in [0.15, 0.2) is 9.68 Å². The standard InChI is InChI=1S/C9H10BrN3OS/c10-8-6(3-5-14-8)9-13-12-7(15-9)2-1-4-11/h3,5H,1-2,4,11H2.